The molecule has 2 aromatic heterocycles. The van der Waals surface area contributed by atoms with Crippen molar-refractivity contribution in [3.05, 3.63) is 28.1 Å². The summed E-state index contributed by atoms with van der Waals surface area (Å²) in [4.78, 5) is 31.6. The maximum Gasteiger partial charge on any atom is 0.409 e. The molecule has 0 radical (unpaired) electrons. The fourth-order valence-electron chi connectivity index (χ4n) is 3.65. The van der Waals surface area contributed by atoms with Gasteiger partial charge in [0.25, 0.3) is 10.0 Å². The second kappa shape index (κ2) is 8.61. The molecule has 0 aliphatic carbocycles. The van der Waals surface area contributed by atoms with Gasteiger partial charge in [-0.25, -0.2) is 18.2 Å². The van der Waals surface area contributed by atoms with Crippen molar-refractivity contribution in [2.45, 2.75) is 30.0 Å². The van der Waals surface area contributed by atoms with Gasteiger partial charge in [0.1, 0.15) is 4.21 Å². The van der Waals surface area contributed by atoms with Crippen LogP contribution < -0.4 is 5.32 Å². The van der Waals surface area contributed by atoms with Crippen LogP contribution in [0.4, 0.5) is 9.93 Å². The third-order valence-corrected chi connectivity index (χ3v) is 9.47. The number of hydrogen-bond donors (Lipinski definition) is 1. The topological polar surface area (TPSA) is 109 Å². The fourth-order valence-corrected chi connectivity index (χ4v) is 7.35. The Balaban J connectivity index is 1.41. The number of hydrogen-bond acceptors (Lipinski definition) is 8. The monoisotopic (exact) mass is 470 g/mol. The Kier molecular flexibility index (Phi) is 6.09. The van der Waals surface area contributed by atoms with E-state index in [0.717, 1.165) is 10.6 Å². The minimum Gasteiger partial charge on any atom is -0.453 e. The molecule has 1 fully saturated rings. The van der Waals surface area contributed by atoms with Gasteiger partial charge in [-0.1, -0.05) is 17.4 Å². The largest absolute Gasteiger partial charge is 0.453 e. The van der Waals surface area contributed by atoms with Crippen LogP contribution in [0.25, 0.3) is 0 Å². The zero-order valence-electron chi connectivity index (χ0n) is 16.4. The van der Waals surface area contributed by atoms with E-state index in [1.54, 1.807) is 22.4 Å². The van der Waals surface area contributed by atoms with Crippen molar-refractivity contribution in [3.8, 4) is 0 Å². The van der Waals surface area contributed by atoms with E-state index in [1.807, 2.05) is 0 Å². The smallest absolute Gasteiger partial charge is 0.409 e. The quantitative estimate of drug-likeness (QED) is 0.735. The van der Waals surface area contributed by atoms with E-state index in [0.29, 0.717) is 48.2 Å². The number of amides is 2. The Morgan fingerprint density at radius 1 is 1.33 bits per heavy atom. The number of rotatable bonds is 4. The lowest BCUT2D eigenvalue weighted by atomic mass is 9.99. The van der Waals surface area contributed by atoms with Gasteiger partial charge in [-0.05, 0) is 24.3 Å². The molecule has 12 heteroatoms. The lowest BCUT2D eigenvalue weighted by Gasteiger charge is -2.30. The average molecular weight is 471 g/mol. The van der Waals surface area contributed by atoms with Crippen molar-refractivity contribution in [2.24, 2.45) is 5.92 Å². The van der Waals surface area contributed by atoms with E-state index >= 15 is 0 Å². The minimum absolute atomic E-state index is 0.160. The fraction of sp³-hybridized carbons (Fsp3) is 0.500. The number of thiazole rings is 1. The summed E-state index contributed by atoms with van der Waals surface area (Å²) in [5, 5.41) is 5.06. The van der Waals surface area contributed by atoms with Crippen LogP contribution in [0.5, 0.6) is 0 Å². The summed E-state index contributed by atoms with van der Waals surface area (Å²) in [5.41, 5.74) is 0.876. The van der Waals surface area contributed by atoms with Crippen LogP contribution in [0, 0.1) is 5.92 Å². The highest BCUT2D eigenvalue weighted by molar-refractivity contribution is 7.91. The molecule has 4 heterocycles. The maximum atomic E-state index is 12.8. The number of methoxy groups -OCH3 is 1. The molecule has 0 saturated carbocycles. The highest BCUT2D eigenvalue weighted by atomic mass is 32.2. The molecule has 30 heavy (non-hydrogen) atoms. The Hall–Kier alpha value is -2.02. The number of fused-ring (bicyclic) bond motifs is 1. The third kappa shape index (κ3) is 4.22. The van der Waals surface area contributed by atoms with Crippen molar-refractivity contribution < 1.29 is 22.7 Å². The van der Waals surface area contributed by atoms with Crippen LogP contribution in [0.2, 0.25) is 0 Å². The number of aromatic nitrogens is 1. The highest BCUT2D eigenvalue weighted by Gasteiger charge is 2.34. The van der Waals surface area contributed by atoms with E-state index in [2.05, 4.69) is 10.3 Å². The van der Waals surface area contributed by atoms with Gasteiger partial charge in [0.05, 0.1) is 25.3 Å². The van der Waals surface area contributed by atoms with Gasteiger partial charge in [-0.3, -0.25) is 4.79 Å². The normalized spacial score (nSPS) is 19.9. The van der Waals surface area contributed by atoms with Gasteiger partial charge in [0.2, 0.25) is 5.91 Å². The number of ether oxygens (including phenoxy) is 1. The van der Waals surface area contributed by atoms with Gasteiger partial charge < -0.3 is 15.0 Å². The Morgan fingerprint density at radius 2 is 2.17 bits per heavy atom. The zero-order chi connectivity index (χ0) is 21.3. The minimum atomic E-state index is -3.57. The first-order valence-electron chi connectivity index (χ1n) is 9.54. The van der Waals surface area contributed by atoms with Crippen LogP contribution in [-0.2, 0) is 32.5 Å². The van der Waals surface area contributed by atoms with Crippen LogP contribution in [0.1, 0.15) is 23.4 Å². The van der Waals surface area contributed by atoms with Gasteiger partial charge in [-0.15, -0.1) is 11.3 Å². The molecule has 9 nitrogen and oxygen atoms in total. The van der Waals surface area contributed by atoms with Crippen molar-refractivity contribution in [2.75, 3.05) is 32.1 Å². The Bertz CT molecular complexity index is 1030. The van der Waals surface area contributed by atoms with Gasteiger partial charge >= 0.3 is 6.09 Å². The second-order valence-electron chi connectivity index (χ2n) is 7.15. The molecule has 0 spiro atoms. The van der Waals surface area contributed by atoms with Crippen molar-refractivity contribution in [1.82, 2.24) is 14.2 Å². The Labute approximate surface area is 182 Å². The maximum absolute atomic E-state index is 12.8. The molecule has 1 saturated heterocycles. The summed E-state index contributed by atoms with van der Waals surface area (Å²) in [5.74, 6) is -0.655. The summed E-state index contributed by atoms with van der Waals surface area (Å²) in [6.45, 7) is 1.51. The van der Waals surface area contributed by atoms with Crippen molar-refractivity contribution >= 4 is 49.8 Å². The number of nitrogens with zero attached hydrogens (tertiary/aromatic N) is 3. The molecule has 0 bridgehead atoms. The lowest BCUT2D eigenvalue weighted by molar-refractivity contribution is -0.120. The Morgan fingerprint density at radius 3 is 2.90 bits per heavy atom. The summed E-state index contributed by atoms with van der Waals surface area (Å²) in [6, 6.07) is 3.29. The summed E-state index contributed by atoms with van der Waals surface area (Å²) in [7, 11) is -2.22. The molecule has 2 aromatic rings. The van der Waals surface area contributed by atoms with Crippen LogP contribution in [-0.4, -0.2) is 61.4 Å². The highest BCUT2D eigenvalue weighted by Crippen LogP contribution is 2.30. The molecular formula is C18H22N4O5S3. The first kappa shape index (κ1) is 21.2. The van der Waals surface area contributed by atoms with Crippen LogP contribution >= 0.6 is 22.7 Å². The average Bonchev–Trinajstić information content (AvgIpc) is 3.42. The number of piperidine rings is 1. The SMILES string of the molecule is COC(=O)N1CCc2nc(NC(=O)C3CCCN(S(=O)(=O)c4cccs4)C3)sc2C1. The first-order chi connectivity index (χ1) is 14.4. The summed E-state index contributed by atoms with van der Waals surface area (Å²) >= 11 is 2.52. The molecule has 1 unspecified atom stereocenters. The van der Waals surface area contributed by atoms with Crippen LogP contribution in [0.3, 0.4) is 0 Å². The predicted octanol–water partition coefficient (Wildman–Crippen LogP) is 2.37. The van der Waals surface area contributed by atoms with Gasteiger partial charge in [0.15, 0.2) is 5.13 Å². The van der Waals surface area contributed by atoms with Gasteiger partial charge in [0, 0.05) is 30.9 Å². The van der Waals surface area contributed by atoms with E-state index in [4.69, 9.17) is 4.74 Å². The van der Waals surface area contributed by atoms with E-state index in [9.17, 15) is 18.0 Å². The van der Waals surface area contributed by atoms with Gasteiger partial charge in [-0.2, -0.15) is 4.31 Å². The number of nitrogens with one attached hydrogen (secondary N) is 1. The number of thiophene rings is 1. The number of carbonyl (C=O) groups is 2. The summed E-state index contributed by atoms with van der Waals surface area (Å²) < 4.78 is 32.0. The van der Waals surface area contributed by atoms with Crippen LogP contribution in [0.15, 0.2) is 21.7 Å². The first-order valence-corrected chi connectivity index (χ1v) is 12.7. The van der Waals surface area contributed by atoms with E-state index < -0.39 is 15.9 Å². The van der Waals surface area contributed by atoms with E-state index in [1.165, 1.54) is 34.1 Å². The number of anilines is 1. The van der Waals surface area contributed by atoms with E-state index in [-0.39, 0.29) is 18.5 Å². The predicted molar refractivity (Wildman–Crippen MR) is 113 cm³/mol. The molecule has 4 rings (SSSR count). The number of sulfonamides is 1. The standard InChI is InChI=1S/C18H22N4O5S3/c1-27-18(24)21-8-6-13-14(11-21)29-17(19-13)20-16(23)12-4-2-7-22(10-12)30(25,26)15-5-3-9-28-15/h3,5,9,12H,2,4,6-8,10-11H2,1H3,(H,19,20,23). The molecular weight excluding hydrogens is 448 g/mol. The molecule has 2 aliphatic rings. The third-order valence-electron chi connectivity index (χ3n) is 5.24. The molecule has 1 N–H and O–H groups in total. The lowest BCUT2D eigenvalue weighted by Crippen LogP contribution is -2.43. The van der Waals surface area contributed by atoms with Crippen molar-refractivity contribution in [3.63, 3.8) is 0 Å². The molecule has 2 amide bonds. The number of carbonyl (C=O) groups excluding carboxylic acids is 2. The zero-order valence-corrected chi connectivity index (χ0v) is 18.8. The van der Waals surface area contributed by atoms with Crippen molar-refractivity contribution in [1.29, 1.82) is 0 Å². The molecule has 1 atom stereocenters. The summed E-state index contributed by atoms with van der Waals surface area (Å²) in [6.07, 6.45) is 1.48. The molecule has 0 aromatic carbocycles. The molecule has 2 aliphatic heterocycles. The molecule has 162 valence electrons. The second-order valence-corrected chi connectivity index (χ2v) is 11.4.